The maximum Gasteiger partial charge on any atom is 0.247 e. The summed E-state index contributed by atoms with van der Waals surface area (Å²) >= 11 is 6.12. The molecule has 0 bridgehead atoms. The SMILES string of the molecule is C=CC(=O)Nc1cc(Nc2ncnc(N3CC(C)(C)c4cc(F)c(Cl)cc43)n2)c(OC)nc1N1CC[C@@H](N(C)C)C1. The number of amides is 1. The summed E-state index contributed by atoms with van der Waals surface area (Å²) in [5.74, 6) is 0.682. The number of nitrogens with one attached hydrogen (secondary N) is 2. The highest BCUT2D eigenvalue weighted by molar-refractivity contribution is 6.31. The molecule has 0 radical (unpaired) electrons. The first-order chi connectivity index (χ1) is 19.5. The molecule has 3 aromatic rings. The predicted octanol–water partition coefficient (Wildman–Crippen LogP) is 4.51. The molecule has 0 spiro atoms. The number of pyridine rings is 1. The molecule has 1 saturated heterocycles. The normalized spacial score (nSPS) is 17.5. The Bertz CT molecular complexity index is 1500. The molecule has 4 heterocycles. The molecule has 2 N–H and O–H groups in total. The highest BCUT2D eigenvalue weighted by Gasteiger charge is 2.38. The Morgan fingerprint density at radius 2 is 2.02 bits per heavy atom. The van der Waals surface area contributed by atoms with Crippen molar-refractivity contribution in [2.45, 2.75) is 31.7 Å². The Hall–Kier alpha value is -4.03. The van der Waals surface area contributed by atoms with Crippen molar-refractivity contribution < 1.29 is 13.9 Å². The number of hydrogen-bond acceptors (Lipinski definition) is 10. The van der Waals surface area contributed by atoms with Gasteiger partial charge in [0.1, 0.15) is 17.8 Å². The molecule has 1 atom stereocenters. The number of anilines is 6. The van der Waals surface area contributed by atoms with Gasteiger partial charge in [0.25, 0.3) is 0 Å². The van der Waals surface area contributed by atoms with Gasteiger partial charge in [-0.3, -0.25) is 4.79 Å². The van der Waals surface area contributed by atoms with Gasteiger partial charge in [0.15, 0.2) is 5.82 Å². The number of nitrogens with zero attached hydrogens (tertiary/aromatic N) is 7. The van der Waals surface area contributed by atoms with E-state index in [1.807, 2.05) is 32.8 Å². The van der Waals surface area contributed by atoms with Crippen LogP contribution in [0.3, 0.4) is 0 Å². The molecule has 2 aliphatic rings. The summed E-state index contributed by atoms with van der Waals surface area (Å²) in [5.41, 5.74) is 2.14. The molecule has 0 saturated carbocycles. The van der Waals surface area contributed by atoms with E-state index in [0.717, 1.165) is 30.8 Å². The van der Waals surface area contributed by atoms with Crippen molar-refractivity contribution in [3.8, 4) is 5.88 Å². The Morgan fingerprint density at radius 3 is 2.71 bits per heavy atom. The lowest BCUT2D eigenvalue weighted by atomic mass is 9.87. The zero-order chi connectivity index (χ0) is 29.5. The van der Waals surface area contributed by atoms with E-state index < -0.39 is 5.82 Å². The second kappa shape index (κ2) is 11.1. The van der Waals surface area contributed by atoms with Gasteiger partial charge in [-0.2, -0.15) is 9.97 Å². The monoisotopic (exact) mass is 581 g/mol. The van der Waals surface area contributed by atoms with Crippen LogP contribution in [-0.2, 0) is 10.2 Å². The number of likely N-dealkylation sites (N-methyl/N-ethyl adjacent to an activating group) is 1. The summed E-state index contributed by atoms with van der Waals surface area (Å²) in [5, 5.41) is 6.06. The average Bonchev–Trinajstić information content (AvgIpc) is 3.53. The van der Waals surface area contributed by atoms with Gasteiger partial charge in [-0.15, -0.1) is 0 Å². The minimum absolute atomic E-state index is 0.0266. The van der Waals surface area contributed by atoms with Crippen LogP contribution in [0.1, 0.15) is 25.8 Å². The van der Waals surface area contributed by atoms with E-state index in [-0.39, 0.29) is 22.3 Å². The largest absolute Gasteiger partial charge is 0.479 e. The average molecular weight is 582 g/mol. The molecule has 41 heavy (non-hydrogen) atoms. The maximum atomic E-state index is 14.3. The van der Waals surface area contributed by atoms with Crippen molar-refractivity contribution in [3.63, 3.8) is 0 Å². The van der Waals surface area contributed by atoms with Gasteiger partial charge in [0.2, 0.25) is 23.7 Å². The fourth-order valence-corrected chi connectivity index (χ4v) is 5.41. The van der Waals surface area contributed by atoms with Crippen molar-refractivity contribution in [1.29, 1.82) is 0 Å². The van der Waals surface area contributed by atoms with E-state index in [1.54, 1.807) is 12.1 Å². The Morgan fingerprint density at radius 1 is 1.24 bits per heavy atom. The minimum Gasteiger partial charge on any atom is -0.479 e. The van der Waals surface area contributed by atoms with Crippen molar-refractivity contribution in [2.75, 3.05) is 61.3 Å². The first-order valence-electron chi connectivity index (χ1n) is 13.2. The molecule has 216 valence electrons. The summed E-state index contributed by atoms with van der Waals surface area (Å²) in [4.78, 5) is 36.6. The number of hydrogen-bond donors (Lipinski definition) is 2. The number of rotatable bonds is 8. The first kappa shape index (κ1) is 28.5. The maximum absolute atomic E-state index is 14.3. The Balaban J connectivity index is 1.48. The van der Waals surface area contributed by atoms with Gasteiger partial charge in [0, 0.05) is 36.8 Å². The number of methoxy groups -OCH3 is 1. The van der Waals surface area contributed by atoms with Crippen LogP contribution in [0.15, 0.2) is 37.2 Å². The third-order valence-electron chi connectivity index (χ3n) is 7.46. The van der Waals surface area contributed by atoms with Crippen LogP contribution in [0, 0.1) is 5.82 Å². The van der Waals surface area contributed by atoms with E-state index in [4.69, 9.17) is 21.3 Å². The van der Waals surface area contributed by atoms with Crippen LogP contribution < -0.4 is 25.2 Å². The number of halogens is 2. The van der Waals surface area contributed by atoms with Crippen LogP contribution in [0.4, 0.5) is 39.2 Å². The molecule has 2 aliphatic heterocycles. The molecule has 0 aliphatic carbocycles. The second-order valence-corrected chi connectivity index (χ2v) is 11.4. The van der Waals surface area contributed by atoms with E-state index in [9.17, 15) is 9.18 Å². The second-order valence-electron chi connectivity index (χ2n) is 10.9. The van der Waals surface area contributed by atoms with Crippen molar-refractivity contribution in [1.82, 2.24) is 24.8 Å². The molecule has 1 amide bonds. The fourth-order valence-electron chi connectivity index (χ4n) is 5.25. The summed E-state index contributed by atoms with van der Waals surface area (Å²) in [7, 11) is 5.62. The minimum atomic E-state index is -0.466. The number of carbonyl (C=O) groups excluding carboxylic acids is 1. The number of fused-ring (bicyclic) bond motifs is 1. The summed E-state index contributed by atoms with van der Waals surface area (Å²) in [6.45, 7) is 9.68. The third kappa shape index (κ3) is 5.62. The number of carbonyl (C=O) groups is 1. The summed E-state index contributed by atoms with van der Waals surface area (Å²) < 4.78 is 19.9. The van der Waals surface area contributed by atoms with Crippen LogP contribution in [0.2, 0.25) is 5.02 Å². The Kier molecular flexibility index (Phi) is 7.71. The Labute approximate surface area is 243 Å². The highest BCUT2D eigenvalue weighted by Crippen LogP contribution is 2.45. The molecule has 13 heteroatoms. The van der Waals surface area contributed by atoms with Crippen LogP contribution >= 0.6 is 11.6 Å². The van der Waals surface area contributed by atoms with E-state index in [0.29, 0.717) is 41.6 Å². The summed E-state index contributed by atoms with van der Waals surface area (Å²) in [6.07, 6.45) is 3.56. The lowest BCUT2D eigenvalue weighted by Gasteiger charge is -2.24. The van der Waals surface area contributed by atoms with Gasteiger partial charge < -0.3 is 30.1 Å². The molecular weight excluding hydrogens is 549 g/mol. The summed E-state index contributed by atoms with van der Waals surface area (Å²) in [6, 6.07) is 5.17. The molecule has 1 aromatic carbocycles. The van der Waals surface area contributed by atoms with Gasteiger partial charge in [-0.05, 0) is 50.4 Å². The van der Waals surface area contributed by atoms with Crippen LogP contribution in [0.5, 0.6) is 5.88 Å². The molecule has 2 aromatic heterocycles. The number of ether oxygens (including phenoxy) is 1. The van der Waals surface area contributed by atoms with Crippen LogP contribution in [-0.4, -0.2) is 77.6 Å². The van der Waals surface area contributed by atoms with E-state index >= 15 is 0 Å². The third-order valence-corrected chi connectivity index (χ3v) is 7.75. The van der Waals surface area contributed by atoms with E-state index in [1.165, 1.54) is 25.6 Å². The van der Waals surface area contributed by atoms with Crippen molar-refractivity contribution >= 4 is 52.3 Å². The number of benzene rings is 1. The molecular formula is C28H33ClFN9O2. The van der Waals surface area contributed by atoms with Crippen molar-refractivity contribution in [2.24, 2.45) is 0 Å². The zero-order valence-electron chi connectivity index (χ0n) is 23.7. The quantitative estimate of drug-likeness (QED) is 0.369. The lowest BCUT2D eigenvalue weighted by molar-refractivity contribution is -0.111. The van der Waals surface area contributed by atoms with Crippen LogP contribution in [0.25, 0.3) is 0 Å². The standard InChI is InChI=1S/C28H33ClFN9O2/c1-7-23(40)33-20-12-21(25(41-6)35-24(20)38-9-8-16(13-38)37(4)5)34-26-31-15-32-27(36-26)39-14-28(2,3)17-10-19(30)18(29)11-22(17)39/h7,10-12,15-16H,1,8-9,13-14H2,2-6H3,(H,33,40)(H,31,32,34,36)/t16-/m1/s1. The van der Waals surface area contributed by atoms with Crippen molar-refractivity contribution in [3.05, 3.63) is 53.6 Å². The highest BCUT2D eigenvalue weighted by atomic mass is 35.5. The lowest BCUT2D eigenvalue weighted by Crippen LogP contribution is -2.32. The number of aromatic nitrogens is 4. The molecule has 11 nitrogen and oxygen atoms in total. The zero-order valence-corrected chi connectivity index (χ0v) is 24.5. The smallest absolute Gasteiger partial charge is 0.247 e. The first-order valence-corrected chi connectivity index (χ1v) is 13.6. The molecule has 0 unspecified atom stereocenters. The van der Waals surface area contributed by atoms with Gasteiger partial charge in [0.05, 0.1) is 17.8 Å². The predicted molar refractivity (Wildman–Crippen MR) is 158 cm³/mol. The van der Waals surface area contributed by atoms with Gasteiger partial charge >= 0.3 is 0 Å². The van der Waals surface area contributed by atoms with Gasteiger partial charge in [-0.25, -0.2) is 14.4 Å². The fraction of sp³-hybridized carbons (Fsp3) is 0.393. The molecule has 5 rings (SSSR count). The van der Waals surface area contributed by atoms with Gasteiger partial charge in [-0.1, -0.05) is 32.0 Å². The molecule has 1 fully saturated rings. The van der Waals surface area contributed by atoms with E-state index in [2.05, 4.69) is 42.0 Å². The topological polar surface area (TPSA) is 112 Å².